The minimum Gasteiger partial charge on any atom is -0.484 e. The van der Waals surface area contributed by atoms with E-state index in [0.29, 0.717) is 18.0 Å². The lowest BCUT2D eigenvalue weighted by Crippen LogP contribution is -2.44. The molecule has 0 saturated heterocycles. The Hall–Kier alpha value is -3.39. The van der Waals surface area contributed by atoms with Gasteiger partial charge in [-0.1, -0.05) is 41.9 Å². The number of carbonyl (C=O) groups excluding carboxylic acids is 2. The zero-order chi connectivity index (χ0) is 20.8. The fraction of sp³-hybridized carbons (Fsp3) is 0.150. The molecule has 0 saturated carbocycles. The molecule has 1 aromatic heterocycles. The van der Waals surface area contributed by atoms with Crippen LogP contribution in [0.2, 0.25) is 5.15 Å². The first-order valence-electron chi connectivity index (χ1n) is 8.68. The normalized spacial score (nSPS) is 10.4. The van der Waals surface area contributed by atoms with Crippen LogP contribution in [0.15, 0.2) is 54.6 Å². The summed E-state index contributed by atoms with van der Waals surface area (Å²) in [6, 6.07) is 14.8. The highest BCUT2D eigenvalue weighted by molar-refractivity contribution is 6.33. The van der Waals surface area contributed by atoms with Gasteiger partial charge in [-0.25, -0.2) is 9.07 Å². The molecule has 3 rings (SSSR count). The molecule has 0 unspecified atom stereocenters. The molecule has 29 heavy (non-hydrogen) atoms. The minimum absolute atomic E-state index is 0.167. The number of aromatic nitrogens is 2. The van der Waals surface area contributed by atoms with Crippen LogP contribution in [0, 0.1) is 12.7 Å². The van der Waals surface area contributed by atoms with Gasteiger partial charge in [-0.3, -0.25) is 20.4 Å². The first-order chi connectivity index (χ1) is 13.9. The molecule has 0 aliphatic heterocycles. The van der Waals surface area contributed by atoms with Gasteiger partial charge >= 0.3 is 0 Å². The number of halogens is 2. The number of nitrogens with zero attached hydrogens (tertiary/aromatic N) is 2. The van der Waals surface area contributed by atoms with Crippen molar-refractivity contribution in [3.8, 4) is 5.75 Å². The summed E-state index contributed by atoms with van der Waals surface area (Å²) < 4.78 is 19.6. The summed E-state index contributed by atoms with van der Waals surface area (Å²) in [5.74, 6) is -1.27. The van der Waals surface area contributed by atoms with E-state index in [9.17, 15) is 14.0 Å². The Labute approximate surface area is 171 Å². The van der Waals surface area contributed by atoms with Gasteiger partial charge in [-0.15, -0.1) is 0 Å². The van der Waals surface area contributed by atoms with Gasteiger partial charge in [-0.2, -0.15) is 5.10 Å². The average Bonchev–Trinajstić information content (AvgIpc) is 2.99. The highest BCUT2D eigenvalue weighted by atomic mass is 35.5. The van der Waals surface area contributed by atoms with E-state index in [1.165, 1.54) is 28.9 Å². The van der Waals surface area contributed by atoms with E-state index in [-0.39, 0.29) is 17.3 Å². The van der Waals surface area contributed by atoms with Gasteiger partial charge in [0, 0.05) is 0 Å². The molecule has 0 spiro atoms. The van der Waals surface area contributed by atoms with E-state index < -0.39 is 17.6 Å². The average molecular weight is 417 g/mol. The topological polar surface area (TPSA) is 85.3 Å². The Morgan fingerprint density at radius 2 is 1.79 bits per heavy atom. The predicted octanol–water partition coefficient (Wildman–Crippen LogP) is 2.87. The van der Waals surface area contributed by atoms with Gasteiger partial charge in [-0.05, 0) is 36.8 Å². The molecule has 150 valence electrons. The molecule has 2 N–H and O–H groups in total. The first-order valence-corrected chi connectivity index (χ1v) is 9.06. The van der Waals surface area contributed by atoms with E-state index in [1.54, 1.807) is 6.92 Å². The van der Waals surface area contributed by atoms with E-state index in [1.807, 2.05) is 30.3 Å². The van der Waals surface area contributed by atoms with Gasteiger partial charge < -0.3 is 4.74 Å². The van der Waals surface area contributed by atoms with Crippen LogP contribution in [0.5, 0.6) is 5.75 Å². The molecule has 1 heterocycles. The monoisotopic (exact) mass is 416 g/mol. The largest absolute Gasteiger partial charge is 0.484 e. The summed E-state index contributed by atoms with van der Waals surface area (Å²) in [7, 11) is 0. The second-order valence-corrected chi connectivity index (χ2v) is 6.50. The van der Waals surface area contributed by atoms with Crippen LogP contribution >= 0.6 is 11.6 Å². The number of rotatable bonds is 6. The van der Waals surface area contributed by atoms with Crippen molar-refractivity contribution in [3.05, 3.63) is 82.4 Å². The molecule has 0 aliphatic rings. The van der Waals surface area contributed by atoms with E-state index >= 15 is 0 Å². The molecule has 0 radical (unpaired) electrons. The Kier molecular flexibility index (Phi) is 6.46. The number of nitrogens with one attached hydrogen (secondary N) is 2. The molecule has 7 nitrogen and oxygen atoms in total. The number of benzene rings is 2. The summed E-state index contributed by atoms with van der Waals surface area (Å²) in [6.07, 6.45) is 0. The summed E-state index contributed by atoms with van der Waals surface area (Å²) in [5.41, 5.74) is 6.11. The zero-order valence-electron chi connectivity index (χ0n) is 15.5. The molecule has 0 atom stereocenters. The Morgan fingerprint density at radius 1 is 1.10 bits per heavy atom. The summed E-state index contributed by atoms with van der Waals surface area (Å²) in [4.78, 5) is 24.3. The fourth-order valence-corrected chi connectivity index (χ4v) is 2.90. The van der Waals surface area contributed by atoms with Crippen LogP contribution in [0.1, 0.15) is 21.6 Å². The SMILES string of the molecule is Cc1nn(Cc2ccccc2)c(Cl)c1C(=O)NNC(=O)COc1ccc(F)cc1. The molecular formula is C20H18ClFN4O3. The molecule has 0 bridgehead atoms. The molecule has 3 aromatic rings. The summed E-state index contributed by atoms with van der Waals surface area (Å²) in [6.45, 7) is 1.71. The van der Waals surface area contributed by atoms with Crippen LogP contribution in [0.3, 0.4) is 0 Å². The Bertz CT molecular complexity index is 1010. The third kappa shape index (κ3) is 5.32. The summed E-state index contributed by atoms with van der Waals surface area (Å²) in [5, 5.41) is 4.46. The molecule has 0 fully saturated rings. The zero-order valence-corrected chi connectivity index (χ0v) is 16.2. The molecule has 2 aromatic carbocycles. The standard InChI is InChI=1S/C20H18ClFN4O3/c1-13-18(19(21)26(25-13)11-14-5-3-2-4-6-14)20(28)24-23-17(27)12-29-16-9-7-15(22)8-10-16/h2-10H,11-12H2,1H3,(H,23,27)(H,24,28). The maximum absolute atomic E-state index is 12.8. The second kappa shape index (κ2) is 9.20. The smallest absolute Gasteiger partial charge is 0.276 e. The van der Waals surface area contributed by atoms with Gasteiger partial charge in [0.25, 0.3) is 11.8 Å². The first kappa shape index (κ1) is 20.3. The third-order valence-electron chi connectivity index (χ3n) is 3.97. The predicted molar refractivity (Wildman–Crippen MR) is 105 cm³/mol. The maximum atomic E-state index is 12.8. The quantitative estimate of drug-likeness (QED) is 0.605. The maximum Gasteiger partial charge on any atom is 0.276 e. The molecule has 9 heteroatoms. The van der Waals surface area contributed by atoms with Gasteiger partial charge in [0.15, 0.2) is 6.61 Å². The minimum atomic E-state index is -0.595. The lowest BCUT2D eigenvalue weighted by molar-refractivity contribution is -0.123. The van der Waals surface area contributed by atoms with Crippen LogP contribution in [0.25, 0.3) is 0 Å². The summed E-state index contributed by atoms with van der Waals surface area (Å²) >= 11 is 6.32. The van der Waals surface area contributed by atoms with Crippen LogP contribution < -0.4 is 15.6 Å². The number of hydrogen-bond donors (Lipinski definition) is 2. The molecular weight excluding hydrogens is 399 g/mol. The number of amides is 2. The third-order valence-corrected chi connectivity index (χ3v) is 4.35. The van der Waals surface area contributed by atoms with Crippen molar-refractivity contribution in [2.45, 2.75) is 13.5 Å². The van der Waals surface area contributed by atoms with Gasteiger partial charge in [0.2, 0.25) is 0 Å². The van der Waals surface area contributed by atoms with Crippen LogP contribution in [-0.2, 0) is 11.3 Å². The Balaban J connectivity index is 1.56. The number of aryl methyl sites for hydroxylation is 1. The van der Waals surface area contributed by atoms with Crippen molar-refractivity contribution in [3.63, 3.8) is 0 Å². The highest BCUT2D eigenvalue weighted by Crippen LogP contribution is 2.20. The lowest BCUT2D eigenvalue weighted by Gasteiger charge is -2.09. The van der Waals surface area contributed by atoms with Crippen LogP contribution in [-0.4, -0.2) is 28.2 Å². The fourth-order valence-electron chi connectivity index (χ4n) is 2.58. The van der Waals surface area contributed by atoms with E-state index in [4.69, 9.17) is 16.3 Å². The highest BCUT2D eigenvalue weighted by Gasteiger charge is 2.21. The van der Waals surface area contributed by atoms with Crippen molar-refractivity contribution in [1.82, 2.24) is 20.6 Å². The van der Waals surface area contributed by atoms with Crippen molar-refractivity contribution in [1.29, 1.82) is 0 Å². The van der Waals surface area contributed by atoms with Crippen molar-refractivity contribution < 1.29 is 18.7 Å². The molecule has 2 amide bonds. The lowest BCUT2D eigenvalue weighted by atomic mass is 10.2. The number of ether oxygens (including phenoxy) is 1. The van der Waals surface area contributed by atoms with Gasteiger partial charge in [0.1, 0.15) is 22.3 Å². The van der Waals surface area contributed by atoms with E-state index in [0.717, 1.165) is 5.56 Å². The van der Waals surface area contributed by atoms with Crippen molar-refractivity contribution in [2.24, 2.45) is 0 Å². The number of hydrogen-bond acceptors (Lipinski definition) is 4. The number of carbonyl (C=O) groups is 2. The Morgan fingerprint density at radius 3 is 2.48 bits per heavy atom. The van der Waals surface area contributed by atoms with E-state index in [2.05, 4.69) is 16.0 Å². The van der Waals surface area contributed by atoms with Crippen LogP contribution in [0.4, 0.5) is 4.39 Å². The van der Waals surface area contributed by atoms with Crippen molar-refractivity contribution in [2.75, 3.05) is 6.61 Å². The second-order valence-electron chi connectivity index (χ2n) is 6.14. The van der Waals surface area contributed by atoms with Crippen molar-refractivity contribution >= 4 is 23.4 Å². The number of hydrazine groups is 1. The van der Waals surface area contributed by atoms with Gasteiger partial charge in [0.05, 0.1) is 12.2 Å². The molecule has 0 aliphatic carbocycles.